The van der Waals surface area contributed by atoms with Crippen LogP contribution in [0.25, 0.3) is 16.8 Å². The zero-order valence-corrected chi connectivity index (χ0v) is 15.7. The van der Waals surface area contributed by atoms with Gasteiger partial charge in [-0.05, 0) is 41.5 Å². The van der Waals surface area contributed by atoms with Crippen molar-refractivity contribution >= 4 is 22.8 Å². The summed E-state index contributed by atoms with van der Waals surface area (Å²) in [5.41, 5.74) is 1.85. The predicted octanol–water partition coefficient (Wildman–Crippen LogP) is 4.75. The number of hydrogen-bond donors (Lipinski definition) is 1. The Labute approximate surface area is 159 Å². The molecule has 3 rings (SSSR count). The topological polar surface area (TPSA) is 47.6 Å². The van der Waals surface area contributed by atoms with Crippen molar-refractivity contribution in [2.24, 2.45) is 0 Å². The third kappa shape index (κ3) is 4.29. The van der Waals surface area contributed by atoms with Gasteiger partial charge in [-0.1, -0.05) is 48.5 Å². The van der Waals surface area contributed by atoms with Crippen molar-refractivity contribution in [3.05, 3.63) is 77.9 Å². The molecule has 0 spiro atoms. The maximum absolute atomic E-state index is 12.3. The highest BCUT2D eigenvalue weighted by Gasteiger charge is 2.10. The van der Waals surface area contributed by atoms with E-state index in [0.29, 0.717) is 11.5 Å². The van der Waals surface area contributed by atoms with Crippen LogP contribution in [0.2, 0.25) is 0 Å². The number of nitrogens with one attached hydrogen (secondary N) is 1. The summed E-state index contributed by atoms with van der Waals surface area (Å²) < 4.78 is 10.7. The van der Waals surface area contributed by atoms with Crippen LogP contribution < -0.4 is 14.8 Å². The van der Waals surface area contributed by atoms with Crippen molar-refractivity contribution in [3.63, 3.8) is 0 Å². The van der Waals surface area contributed by atoms with Crippen LogP contribution >= 0.6 is 0 Å². The number of fused-ring (bicyclic) bond motifs is 1. The summed E-state index contributed by atoms with van der Waals surface area (Å²) in [7, 11) is 3.17. The van der Waals surface area contributed by atoms with Crippen molar-refractivity contribution in [3.8, 4) is 11.5 Å². The van der Waals surface area contributed by atoms with E-state index in [2.05, 4.69) is 29.6 Å². The lowest BCUT2D eigenvalue weighted by Gasteiger charge is -2.14. The van der Waals surface area contributed by atoms with Crippen LogP contribution in [0.3, 0.4) is 0 Å². The number of carbonyl (C=O) groups excluding carboxylic acids is 1. The van der Waals surface area contributed by atoms with Crippen LogP contribution in [0.5, 0.6) is 11.5 Å². The highest BCUT2D eigenvalue weighted by Crippen LogP contribution is 2.31. The fraction of sp³-hybridized carbons (Fsp3) is 0.174. The van der Waals surface area contributed by atoms with Crippen molar-refractivity contribution in [1.82, 2.24) is 5.32 Å². The van der Waals surface area contributed by atoms with Crippen LogP contribution in [0.15, 0.2) is 66.7 Å². The number of rotatable bonds is 6. The van der Waals surface area contributed by atoms with Crippen LogP contribution in [-0.2, 0) is 4.79 Å². The summed E-state index contributed by atoms with van der Waals surface area (Å²) in [4.78, 5) is 12.3. The normalized spacial score (nSPS) is 12.1. The average Bonchev–Trinajstić information content (AvgIpc) is 2.71. The third-order valence-corrected chi connectivity index (χ3v) is 4.48. The zero-order chi connectivity index (χ0) is 19.2. The van der Waals surface area contributed by atoms with Crippen molar-refractivity contribution in [2.45, 2.75) is 13.0 Å². The smallest absolute Gasteiger partial charge is 0.244 e. The molecule has 0 heterocycles. The lowest BCUT2D eigenvalue weighted by molar-refractivity contribution is -0.117. The summed E-state index contributed by atoms with van der Waals surface area (Å²) in [6.45, 7) is 1.97. The highest BCUT2D eigenvalue weighted by atomic mass is 16.5. The van der Waals surface area contributed by atoms with Gasteiger partial charge >= 0.3 is 0 Å². The van der Waals surface area contributed by atoms with Gasteiger partial charge in [-0.15, -0.1) is 0 Å². The van der Waals surface area contributed by atoms with Gasteiger partial charge in [0.05, 0.1) is 20.3 Å². The lowest BCUT2D eigenvalue weighted by atomic mass is 10.0. The Morgan fingerprint density at radius 1 is 0.963 bits per heavy atom. The lowest BCUT2D eigenvalue weighted by Crippen LogP contribution is -2.24. The van der Waals surface area contributed by atoms with Crippen molar-refractivity contribution < 1.29 is 14.3 Å². The van der Waals surface area contributed by atoms with E-state index >= 15 is 0 Å². The molecular weight excluding hydrogens is 338 g/mol. The molecule has 3 aromatic rings. The molecule has 1 N–H and O–H groups in total. The van der Waals surface area contributed by atoms with E-state index in [-0.39, 0.29) is 11.9 Å². The molecule has 1 amide bonds. The molecule has 0 fully saturated rings. The number of para-hydroxylation sites is 1. The molecule has 1 atom stereocenters. The second kappa shape index (κ2) is 8.41. The van der Waals surface area contributed by atoms with Gasteiger partial charge in [-0.2, -0.15) is 0 Å². The predicted molar refractivity (Wildman–Crippen MR) is 109 cm³/mol. The van der Waals surface area contributed by atoms with Crippen LogP contribution in [0, 0.1) is 0 Å². The van der Waals surface area contributed by atoms with E-state index < -0.39 is 0 Å². The number of carbonyl (C=O) groups is 1. The van der Waals surface area contributed by atoms with Gasteiger partial charge in [0, 0.05) is 11.6 Å². The summed E-state index contributed by atoms with van der Waals surface area (Å²) >= 11 is 0. The van der Waals surface area contributed by atoms with E-state index in [9.17, 15) is 4.79 Å². The first-order valence-electron chi connectivity index (χ1n) is 8.80. The second-order valence-corrected chi connectivity index (χ2v) is 6.25. The van der Waals surface area contributed by atoms with Gasteiger partial charge in [0.15, 0.2) is 11.5 Å². The molecule has 0 saturated carbocycles. The second-order valence-electron chi connectivity index (χ2n) is 6.25. The van der Waals surface area contributed by atoms with Gasteiger partial charge < -0.3 is 14.8 Å². The standard InChI is InChI=1S/C23H23NO3/c1-16(19-12-11-17-7-4-5-8-20(17)15-19)24-22(25)14-13-18-9-6-10-21(26-2)23(18)27-3/h4-16H,1-3H3,(H,24,25)/t16-/m0/s1. The molecule has 4 nitrogen and oxygen atoms in total. The Balaban J connectivity index is 1.72. The summed E-state index contributed by atoms with van der Waals surface area (Å²) in [5, 5.41) is 5.34. The maximum atomic E-state index is 12.3. The molecule has 0 unspecified atom stereocenters. The number of hydrogen-bond acceptors (Lipinski definition) is 3. The number of amides is 1. The van der Waals surface area contributed by atoms with Crippen LogP contribution in [0.4, 0.5) is 0 Å². The quantitative estimate of drug-likeness (QED) is 0.645. The molecule has 0 radical (unpaired) electrons. The minimum atomic E-state index is -0.166. The Morgan fingerprint density at radius 3 is 2.48 bits per heavy atom. The zero-order valence-electron chi connectivity index (χ0n) is 15.7. The Bertz CT molecular complexity index is 978. The number of methoxy groups -OCH3 is 2. The van der Waals surface area contributed by atoms with Crippen LogP contribution in [0.1, 0.15) is 24.1 Å². The SMILES string of the molecule is COc1cccc(C=CC(=O)N[C@@H](C)c2ccc3ccccc3c2)c1OC. The van der Waals surface area contributed by atoms with E-state index in [1.54, 1.807) is 20.3 Å². The van der Waals surface area contributed by atoms with Crippen LogP contribution in [-0.4, -0.2) is 20.1 Å². The molecule has 0 aliphatic carbocycles. The monoisotopic (exact) mass is 361 g/mol. The molecule has 0 bridgehead atoms. The molecule has 27 heavy (non-hydrogen) atoms. The first-order valence-corrected chi connectivity index (χ1v) is 8.80. The summed E-state index contributed by atoms with van der Waals surface area (Å²) in [5.74, 6) is 1.07. The van der Waals surface area contributed by atoms with E-state index in [4.69, 9.17) is 9.47 Å². The fourth-order valence-electron chi connectivity index (χ4n) is 3.03. The fourth-order valence-corrected chi connectivity index (χ4v) is 3.03. The van der Waals surface area contributed by atoms with E-state index in [0.717, 1.165) is 16.5 Å². The van der Waals surface area contributed by atoms with Gasteiger partial charge in [0.1, 0.15) is 0 Å². The minimum Gasteiger partial charge on any atom is -0.493 e. The molecule has 0 saturated heterocycles. The molecule has 0 aliphatic rings. The highest BCUT2D eigenvalue weighted by molar-refractivity contribution is 5.92. The minimum absolute atomic E-state index is 0.0982. The Kier molecular flexibility index (Phi) is 5.77. The molecular formula is C23H23NO3. The molecule has 138 valence electrons. The van der Waals surface area contributed by atoms with Gasteiger partial charge in [0.25, 0.3) is 0 Å². The van der Waals surface area contributed by atoms with Gasteiger partial charge in [-0.3, -0.25) is 4.79 Å². The first kappa shape index (κ1) is 18.5. The van der Waals surface area contributed by atoms with Gasteiger partial charge in [0.2, 0.25) is 5.91 Å². The number of benzene rings is 3. The molecule has 0 aliphatic heterocycles. The summed E-state index contributed by atoms with van der Waals surface area (Å²) in [6, 6.07) is 19.9. The van der Waals surface area contributed by atoms with Crippen molar-refractivity contribution in [1.29, 1.82) is 0 Å². The van der Waals surface area contributed by atoms with E-state index in [1.165, 1.54) is 11.5 Å². The average molecular weight is 361 g/mol. The molecule has 4 heteroatoms. The van der Waals surface area contributed by atoms with Gasteiger partial charge in [-0.25, -0.2) is 0 Å². The summed E-state index contributed by atoms with van der Waals surface area (Å²) in [6.07, 6.45) is 3.23. The molecule has 0 aromatic heterocycles. The van der Waals surface area contributed by atoms with Crippen molar-refractivity contribution in [2.75, 3.05) is 14.2 Å². The largest absolute Gasteiger partial charge is 0.493 e. The number of ether oxygens (including phenoxy) is 2. The van der Waals surface area contributed by atoms with E-state index in [1.807, 2.05) is 43.3 Å². The molecule has 3 aromatic carbocycles. The Morgan fingerprint density at radius 2 is 1.74 bits per heavy atom. The first-order chi connectivity index (χ1) is 13.1. The third-order valence-electron chi connectivity index (χ3n) is 4.48. The maximum Gasteiger partial charge on any atom is 0.244 e. The Hall–Kier alpha value is -3.27.